The Bertz CT molecular complexity index is 884. The second kappa shape index (κ2) is 8.19. The number of benzene rings is 2. The van der Waals surface area contributed by atoms with Gasteiger partial charge >= 0.3 is 0 Å². The van der Waals surface area contributed by atoms with Gasteiger partial charge in [-0.05, 0) is 25.0 Å². The molecule has 27 heavy (non-hydrogen) atoms. The van der Waals surface area contributed by atoms with Crippen molar-refractivity contribution in [1.82, 2.24) is 20.3 Å². The highest BCUT2D eigenvalue weighted by Gasteiger charge is 2.19. The Morgan fingerprint density at radius 2 is 1.81 bits per heavy atom. The molecule has 4 rings (SSSR count). The monoisotopic (exact) mass is 384 g/mol. The summed E-state index contributed by atoms with van der Waals surface area (Å²) in [6.45, 7) is 0.856. The molecule has 1 fully saturated rings. The molecule has 4 nitrogen and oxygen atoms in total. The van der Waals surface area contributed by atoms with E-state index in [1.165, 1.54) is 36.5 Å². The lowest BCUT2D eigenvalue weighted by atomic mass is 10.1. The molecule has 0 amide bonds. The van der Waals surface area contributed by atoms with Gasteiger partial charge in [-0.2, -0.15) is 15.0 Å². The van der Waals surface area contributed by atoms with Crippen LogP contribution in [0, 0.1) is 5.82 Å². The van der Waals surface area contributed by atoms with Crippen LogP contribution in [0.25, 0.3) is 11.3 Å². The van der Waals surface area contributed by atoms with Crippen molar-refractivity contribution < 1.29 is 4.39 Å². The first-order valence-electron chi connectivity index (χ1n) is 9.36. The Morgan fingerprint density at radius 3 is 2.56 bits per heavy atom. The minimum Gasteiger partial charge on any atom is -0.308 e. The van der Waals surface area contributed by atoms with Crippen LogP contribution in [0.3, 0.4) is 0 Å². The van der Waals surface area contributed by atoms with Crippen LogP contribution in [0.5, 0.6) is 0 Å². The van der Waals surface area contributed by atoms with E-state index in [2.05, 4.69) is 15.5 Å². The summed E-state index contributed by atoms with van der Waals surface area (Å²) in [5.41, 5.74) is 3.12. The number of nitrogens with zero attached hydrogens (tertiary/aromatic N) is 3. The third-order valence-corrected chi connectivity index (χ3v) is 5.40. The third-order valence-electron chi connectivity index (χ3n) is 5.05. The molecule has 1 N–H and O–H groups in total. The number of halogens is 2. The van der Waals surface area contributed by atoms with E-state index in [0.717, 1.165) is 17.0 Å². The lowest BCUT2D eigenvalue weighted by Gasteiger charge is -2.10. The fourth-order valence-electron chi connectivity index (χ4n) is 3.59. The molecule has 0 radical (unpaired) electrons. The molecular formula is C21H22ClFN4. The Morgan fingerprint density at radius 1 is 1.04 bits per heavy atom. The van der Waals surface area contributed by atoms with Crippen molar-refractivity contribution in [3.63, 3.8) is 0 Å². The second-order valence-electron chi connectivity index (χ2n) is 6.95. The Hall–Kier alpha value is -2.24. The number of nitrogens with one attached hydrogen (secondary N) is 1. The number of rotatable bonds is 6. The van der Waals surface area contributed by atoms with Crippen LogP contribution in [0.4, 0.5) is 4.39 Å². The van der Waals surface area contributed by atoms with Crippen molar-refractivity contribution in [3.05, 3.63) is 70.6 Å². The lowest BCUT2D eigenvalue weighted by molar-refractivity contribution is 0.508. The van der Waals surface area contributed by atoms with Gasteiger partial charge in [-0.3, -0.25) is 0 Å². The largest absolute Gasteiger partial charge is 0.308 e. The van der Waals surface area contributed by atoms with Gasteiger partial charge in [-0.1, -0.05) is 60.8 Å². The van der Waals surface area contributed by atoms with Crippen LogP contribution in [0.2, 0.25) is 5.02 Å². The summed E-state index contributed by atoms with van der Waals surface area (Å²) in [7, 11) is 0. The third kappa shape index (κ3) is 4.20. The van der Waals surface area contributed by atoms with E-state index in [0.29, 0.717) is 23.2 Å². The van der Waals surface area contributed by atoms with Crippen molar-refractivity contribution in [2.75, 3.05) is 0 Å². The van der Waals surface area contributed by atoms with Crippen LogP contribution in [-0.2, 0) is 13.1 Å². The van der Waals surface area contributed by atoms with Gasteiger partial charge in [0.2, 0.25) is 0 Å². The highest BCUT2D eigenvalue weighted by Crippen LogP contribution is 2.24. The van der Waals surface area contributed by atoms with Crippen LogP contribution < -0.4 is 5.32 Å². The van der Waals surface area contributed by atoms with Gasteiger partial charge in [0.05, 0.1) is 6.54 Å². The number of hydrogen-bond donors (Lipinski definition) is 1. The molecule has 1 saturated carbocycles. The van der Waals surface area contributed by atoms with Gasteiger partial charge in [0.1, 0.15) is 17.2 Å². The molecule has 0 atom stereocenters. The standard InChI is InChI=1S/C21H22ClFN4/c22-18-11-6-12-19(23)17(18)14-27-25-20(13-24-16-9-4-5-10-16)21(26-27)15-7-2-1-3-8-15/h1-3,6-8,11-12,16,24H,4-5,9-10,13-14H2. The van der Waals surface area contributed by atoms with Gasteiger partial charge in [-0.25, -0.2) is 4.39 Å². The first kappa shape index (κ1) is 18.1. The van der Waals surface area contributed by atoms with Crippen molar-refractivity contribution >= 4 is 11.6 Å². The molecule has 1 aliphatic rings. The zero-order chi connectivity index (χ0) is 18.6. The van der Waals surface area contributed by atoms with E-state index in [-0.39, 0.29) is 12.4 Å². The predicted octanol–water partition coefficient (Wildman–Crippen LogP) is 4.82. The summed E-state index contributed by atoms with van der Waals surface area (Å²) in [5, 5.41) is 13.3. The van der Waals surface area contributed by atoms with Crippen LogP contribution >= 0.6 is 11.6 Å². The van der Waals surface area contributed by atoms with Crippen LogP contribution in [-0.4, -0.2) is 21.0 Å². The maximum atomic E-state index is 14.2. The van der Waals surface area contributed by atoms with Crippen LogP contribution in [0.15, 0.2) is 48.5 Å². The Labute approximate surface area is 163 Å². The highest BCUT2D eigenvalue weighted by atomic mass is 35.5. The van der Waals surface area contributed by atoms with Gasteiger partial charge in [-0.15, -0.1) is 0 Å². The van der Waals surface area contributed by atoms with Gasteiger partial charge in [0, 0.05) is 28.7 Å². The van der Waals surface area contributed by atoms with E-state index in [1.54, 1.807) is 12.1 Å². The second-order valence-corrected chi connectivity index (χ2v) is 7.36. The molecule has 2 aromatic carbocycles. The molecule has 6 heteroatoms. The van der Waals surface area contributed by atoms with E-state index in [1.807, 2.05) is 30.3 Å². The quantitative estimate of drug-likeness (QED) is 0.662. The van der Waals surface area contributed by atoms with Crippen LogP contribution in [0.1, 0.15) is 36.9 Å². The maximum absolute atomic E-state index is 14.2. The van der Waals surface area contributed by atoms with E-state index >= 15 is 0 Å². The first-order chi connectivity index (χ1) is 13.2. The molecule has 1 aromatic heterocycles. The van der Waals surface area contributed by atoms with Crippen molar-refractivity contribution in [1.29, 1.82) is 0 Å². The summed E-state index contributed by atoms with van der Waals surface area (Å²) in [4.78, 5) is 1.54. The maximum Gasteiger partial charge on any atom is 0.129 e. The van der Waals surface area contributed by atoms with Gasteiger partial charge in [0.15, 0.2) is 0 Å². The summed E-state index contributed by atoms with van der Waals surface area (Å²) in [6.07, 6.45) is 4.97. The van der Waals surface area contributed by atoms with Gasteiger partial charge < -0.3 is 5.32 Å². The summed E-state index contributed by atoms with van der Waals surface area (Å²) < 4.78 is 14.2. The fourth-order valence-corrected chi connectivity index (χ4v) is 3.81. The molecule has 0 spiro atoms. The summed E-state index contributed by atoms with van der Waals surface area (Å²) in [6, 6.07) is 15.2. The predicted molar refractivity (Wildman–Crippen MR) is 105 cm³/mol. The molecule has 0 saturated heterocycles. The average Bonchev–Trinajstić information content (AvgIpc) is 3.33. The fraction of sp³-hybridized carbons (Fsp3) is 0.333. The smallest absolute Gasteiger partial charge is 0.129 e. The van der Waals surface area contributed by atoms with E-state index < -0.39 is 0 Å². The van der Waals surface area contributed by atoms with E-state index in [9.17, 15) is 4.39 Å². The first-order valence-corrected chi connectivity index (χ1v) is 9.74. The molecule has 1 heterocycles. The van der Waals surface area contributed by atoms with Crippen molar-refractivity contribution in [2.24, 2.45) is 0 Å². The lowest BCUT2D eigenvalue weighted by Crippen LogP contribution is -2.25. The molecule has 3 aromatic rings. The zero-order valence-corrected chi connectivity index (χ0v) is 15.8. The number of hydrogen-bond acceptors (Lipinski definition) is 3. The van der Waals surface area contributed by atoms with E-state index in [4.69, 9.17) is 11.6 Å². The SMILES string of the molecule is Fc1cccc(Cl)c1Cn1nc(CNC2CCCC2)c(-c2ccccc2)n1. The normalized spacial score (nSPS) is 14.7. The summed E-state index contributed by atoms with van der Waals surface area (Å²) >= 11 is 6.17. The number of aromatic nitrogens is 3. The minimum absolute atomic E-state index is 0.203. The Kier molecular flexibility index (Phi) is 5.50. The minimum atomic E-state index is -0.341. The highest BCUT2D eigenvalue weighted by molar-refractivity contribution is 6.31. The van der Waals surface area contributed by atoms with Crippen molar-refractivity contribution in [3.8, 4) is 11.3 Å². The van der Waals surface area contributed by atoms with Gasteiger partial charge in [0.25, 0.3) is 0 Å². The summed E-state index contributed by atoms with van der Waals surface area (Å²) in [5.74, 6) is -0.341. The molecule has 1 aliphatic carbocycles. The Balaban J connectivity index is 1.62. The molecule has 140 valence electrons. The zero-order valence-electron chi connectivity index (χ0n) is 15.0. The van der Waals surface area contributed by atoms with Crippen molar-refractivity contribution in [2.45, 2.75) is 44.8 Å². The molecule has 0 aliphatic heterocycles. The molecule has 0 bridgehead atoms. The average molecular weight is 385 g/mol. The molecular weight excluding hydrogens is 363 g/mol. The molecule has 0 unspecified atom stereocenters. The topological polar surface area (TPSA) is 42.7 Å².